The molecule has 0 saturated heterocycles. The normalized spacial score (nSPS) is 11.8. The minimum atomic E-state index is -1.35. The summed E-state index contributed by atoms with van der Waals surface area (Å²) in [4.78, 5) is 4.63. The van der Waals surface area contributed by atoms with Crippen LogP contribution in [0.25, 0.3) is 22.6 Å². The molecule has 3 rings (SSSR count). The first-order valence-corrected chi connectivity index (χ1v) is 9.82. The summed E-state index contributed by atoms with van der Waals surface area (Å²) in [5.74, 6) is 0.354. The Morgan fingerprint density at radius 1 is 1.00 bits per heavy atom. The maximum absolute atomic E-state index is 10.7. The molecule has 1 heterocycles. The van der Waals surface area contributed by atoms with Crippen molar-refractivity contribution in [3.8, 4) is 22.6 Å². The first-order chi connectivity index (χ1) is 12.1. The number of halogens is 5. The van der Waals surface area contributed by atoms with Crippen molar-refractivity contribution in [3.05, 3.63) is 61.1 Å². The predicted molar refractivity (Wildman–Crippen MR) is 112 cm³/mol. The fourth-order valence-electron chi connectivity index (χ4n) is 2.63. The molecular formula is C18H13BrCl4N2O. The van der Waals surface area contributed by atoms with Crippen molar-refractivity contribution >= 4 is 62.3 Å². The van der Waals surface area contributed by atoms with Crippen molar-refractivity contribution in [3.63, 3.8) is 0 Å². The van der Waals surface area contributed by atoms with Gasteiger partial charge in [0.05, 0.1) is 20.6 Å². The quantitative estimate of drug-likeness (QED) is 0.415. The van der Waals surface area contributed by atoms with E-state index < -0.39 is 5.72 Å². The summed E-state index contributed by atoms with van der Waals surface area (Å²) < 4.78 is 2.31. The van der Waals surface area contributed by atoms with Crippen molar-refractivity contribution in [1.82, 2.24) is 9.55 Å². The second kappa shape index (κ2) is 7.34. The Labute approximate surface area is 179 Å². The van der Waals surface area contributed by atoms with Gasteiger partial charge >= 0.3 is 0 Å². The van der Waals surface area contributed by atoms with Gasteiger partial charge in [-0.25, -0.2) is 4.98 Å². The van der Waals surface area contributed by atoms with E-state index in [-0.39, 0.29) is 5.15 Å². The first kappa shape index (κ1) is 20.0. The number of hydrogen-bond acceptors (Lipinski definition) is 2. The summed E-state index contributed by atoms with van der Waals surface area (Å²) in [5.41, 5.74) is 0.200. The Bertz CT molecular complexity index is 975. The molecule has 2 aromatic carbocycles. The van der Waals surface area contributed by atoms with Gasteiger partial charge in [0.1, 0.15) is 22.4 Å². The molecule has 0 bridgehead atoms. The molecule has 0 fully saturated rings. The number of aromatic nitrogens is 2. The summed E-state index contributed by atoms with van der Waals surface area (Å²) in [6.07, 6.45) is 0. The lowest BCUT2D eigenvalue weighted by atomic mass is 10.2. The highest BCUT2D eigenvalue weighted by Gasteiger charge is 2.30. The third kappa shape index (κ3) is 3.64. The Morgan fingerprint density at radius 3 is 2.15 bits per heavy atom. The van der Waals surface area contributed by atoms with Crippen molar-refractivity contribution in [1.29, 1.82) is 0 Å². The molecule has 0 atom stereocenters. The molecule has 0 aliphatic heterocycles. The van der Waals surface area contributed by atoms with E-state index in [0.29, 0.717) is 37.7 Å². The highest BCUT2D eigenvalue weighted by Crippen LogP contribution is 2.42. The van der Waals surface area contributed by atoms with Gasteiger partial charge in [0, 0.05) is 10.0 Å². The molecule has 0 radical (unpaired) electrons. The SMILES string of the molecule is CC(C)(O)n1c(-c2c(Cl)cccc2Cl)nc(-c2ccc(Br)cc2Cl)c1Cl. The van der Waals surface area contributed by atoms with Crippen molar-refractivity contribution in [2.45, 2.75) is 19.6 Å². The maximum Gasteiger partial charge on any atom is 0.147 e. The molecule has 3 aromatic rings. The van der Waals surface area contributed by atoms with Crippen LogP contribution < -0.4 is 0 Å². The first-order valence-electron chi connectivity index (χ1n) is 7.52. The highest BCUT2D eigenvalue weighted by atomic mass is 79.9. The fraction of sp³-hybridized carbons (Fsp3) is 0.167. The van der Waals surface area contributed by atoms with Crippen molar-refractivity contribution < 1.29 is 5.11 Å². The van der Waals surface area contributed by atoms with E-state index in [1.807, 2.05) is 6.07 Å². The smallest absolute Gasteiger partial charge is 0.147 e. The molecular weight excluding hydrogens is 482 g/mol. The Kier molecular flexibility index (Phi) is 5.65. The highest BCUT2D eigenvalue weighted by molar-refractivity contribution is 9.10. The Morgan fingerprint density at radius 2 is 1.62 bits per heavy atom. The van der Waals surface area contributed by atoms with Gasteiger partial charge in [-0.1, -0.05) is 74.5 Å². The minimum absolute atomic E-state index is 0.229. The zero-order valence-electron chi connectivity index (χ0n) is 13.7. The van der Waals surface area contributed by atoms with Gasteiger partial charge in [0.25, 0.3) is 0 Å². The van der Waals surface area contributed by atoms with E-state index >= 15 is 0 Å². The summed E-state index contributed by atoms with van der Waals surface area (Å²) in [6.45, 7) is 3.20. The van der Waals surface area contributed by atoms with Crippen LogP contribution in [0.5, 0.6) is 0 Å². The van der Waals surface area contributed by atoms with Gasteiger partial charge in [0.2, 0.25) is 0 Å². The van der Waals surface area contributed by atoms with Crippen LogP contribution in [0, 0.1) is 0 Å². The van der Waals surface area contributed by atoms with Crippen LogP contribution in [0.2, 0.25) is 20.2 Å². The van der Waals surface area contributed by atoms with Crippen LogP contribution in [-0.2, 0) is 5.72 Å². The summed E-state index contributed by atoms with van der Waals surface area (Å²) in [6, 6.07) is 10.5. The monoisotopic (exact) mass is 492 g/mol. The zero-order chi connectivity index (χ0) is 19.2. The number of imidazole rings is 1. The molecule has 1 aromatic heterocycles. The molecule has 0 amide bonds. The van der Waals surface area contributed by atoms with Crippen LogP contribution in [0.3, 0.4) is 0 Å². The third-order valence-electron chi connectivity index (χ3n) is 3.74. The average molecular weight is 495 g/mol. The lowest BCUT2D eigenvalue weighted by Crippen LogP contribution is -2.26. The number of hydrogen-bond donors (Lipinski definition) is 1. The largest absolute Gasteiger partial charge is 0.371 e. The number of benzene rings is 2. The predicted octanol–water partition coefficient (Wildman–Crippen LogP) is 7.28. The molecule has 1 N–H and O–H groups in total. The number of aliphatic hydroxyl groups is 1. The van der Waals surface area contributed by atoms with E-state index in [2.05, 4.69) is 20.9 Å². The number of rotatable bonds is 3. The molecule has 3 nitrogen and oxygen atoms in total. The summed E-state index contributed by atoms with van der Waals surface area (Å²) in [7, 11) is 0. The number of nitrogens with zero attached hydrogens (tertiary/aromatic N) is 2. The molecule has 0 aliphatic carbocycles. The van der Waals surface area contributed by atoms with Gasteiger partial charge in [0.15, 0.2) is 0 Å². The molecule has 8 heteroatoms. The third-order valence-corrected chi connectivity index (χ3v) is 5.53. The maximum atomic E-state index is 10.7. The van der Waals surface area contributed by atoms with Crippen LogP contribution >= 0.6 is 62.3 Å². The minimum Gasteiger partial charge on any atom is -0.371 e. The Balaban J connectivity index is 2.36. The molecule has 0 saturated carbocycles. The average Bonchev–Trinajstić information content (AvgIpc) is 2.84. The lowest BCUT2D eigenvalue weighted by molar-refractivity contribution is 0.00371. The molecule has 0 unspecified atom stereocenters. The van der Waals surface area contributed by atoms with Crippen LogP contribution in [0.1, 0.15) is 13.8 Å². The molecule has 26 heavy (non-hydrogen) atoms. The van der Waals surface area contributed by atoms with E-state index in [1.54, 1.807) is 44.2 Å². The molecule has 136 valence electrons. The van der Waals surface area contributed by atoms with E-state index in [0.717, 1.165) is 4.47 Å². The topological polar surface area (TPSA) is 38.0 Å². The van der Waals surface area contributed by atoms with E-state index in [9.17, 15) is 5.11 Å². The van der Waals surface area contributed by atoms with Gasteiger partial charge in [-0.15, -0.1) is 0 Å². The fourth-order valence-corrected chi connectivity index (χ4v) is 4.39. The molecule has 0 spiro atoms. The second-order valence-electron chi connectivity index (χ2n) is 6.13. The van der Waals surface area contributed by atoms with Crippen LogP contribution in [-0.4, -0.2) is 14.7 Å². The Hall–Kier alpha value is -0.750. The van der Waals surface area contributed by atoms with Crippen LogP contribution in [0.4, 0.5) is 0 Å². The van der Waals surface area contributed by atoms with Crippen molar-refractivity contribution in [2.75, 3.05) is 0 Å². The lowest BCUT2D eigenvalue weighted by Gasteiger charge is -2.23. The zero-order valence-corrected chi connectivity index (χ0v) is 18.3. The molecule has 0 aliphatic rings. The van der Waals surface area contributed by atoms with E-state index in [1.165, 1.54) is 4.57 Å². The van der Waals surface area contributed by atoms with Gasteiger partial charge in [-0.05, 0) is 38.1 Å². The van der Waals surface area contributed by atoms with E-state index in [4.69, 9.17) is 46.4 Å². The van der Waals surface area contributed by atoms with Crippen molar-refractivity contribution in [2.24, 2.45) is 0 Å². The summed E-state index contributed by atoms with van der Waals surface area (Å²) >= 11 is 29.0. The second-order valence-corrected chi connectivity index (χ2v) is 8.62. The standard InChI is InChI=1S/C18H13BrCl4N2O/c1-18(2,26)25-16(23)15(10-7-6-9(19)8-13(10)22)24-17(25)14-11(20)4-3-5-12(14)21/h3-8,26H,1-2H3. The summed E-state index contributed by atoms with van der Waals surface area (Å²) in [5, 5.41) is 12.2. The van der Waals surface area contributed by atoms with Gasteiger partial charge in [-0.2, -0.15) is 0 Å². The van der Waals surface area contributed by atoms with Crippen LogP contribution in [0.15, 0.2) is 40.9 Å². The van der Waals surface area contributed by atoms with Gasteiger partial charge < -0.3 is 5.11 Å². The van der Waals surface area contributed by atoms with Gasteiger partial charge in [-0.3, -0.25) is 4.57 Å².